The first-order valence-corrected chi connectivity index (χ1v) is 11.1. The molecular weight excluding hydrogens is 455 g/mol. The molecule has 1 N–H and O–H groups in total. The Bertz CT molecular complexity index is 1390. The summed E-state index contributed by atoms with van der Waals surface area (Å²) in [4.78, 5) is 23.4. The van der Waals surface area contributed by atoms with Crippen molar-refractivity contribution < 1.29 is 13.9 Å². The highest BCUT2D eigenvalue weighted by Gasteiger charge is 2.24. The number of ether oxygens (including phenoxy) is 1. The topological polar surface area (TPSA) is 67.4 Å². The maximum atomic E-state index is 13.5. The summed E-state index contributed by atoms with van der Waals surface area (Å²) >= 11 is 5.91. The summed E-state index contributed by atoms with van der Waals surface area (Å²) in [5.41, 5.74) is 3.01. The van der Waals surface area contributed by atoms with E-state index in [9.17, 15) is 9.18 Å². The van der Waals surface area contributed by atoms with E-state index in [1.807, 2.05) is 42.5 Å². The number of carbonyl (C=O) groups is 1. The quantitative estimate of drug-likeness (QED) is 0.376. The molecule has 0 saturated heterocycles. The van der Waals surface area contributed by atoms with Gasteiger partial charge in [0, 0.05) is 17.1 Å². The van der Waals surface area contributed by atoms with Gasteiger partial charge in [0.15, 0.2) is 0 Å². The van der Waals surface area contributed by atoms with E-state index >= 15 is 0 Å². The van der Waals surface area contributed by atoms with Gasteiger partial charge in [0.2, 0.25) is 0 Å². The molecule has 0 saturated carbocycles. The number of anilines is 3. The van der Waals surface area contributed by atoms with Crippen LogP contribution in [0.3, 0.4) is 0 Å². The van der Waals surface area contributed by atoms with Crippen LogP contribution in [0.1, 0.15) is 5.56 Å². The summed E-state index contributed by atoms with van der Waals surface area (Å²) in [6.07, 6.45) is 5.56. The molecule has 0 atom stereocenters. The maximum Gasteiger partial charge on any atom is 0.250 e. The van der Waals surface area contributed by atoms with Crippen LogP contribution in [0, 0.1) is 5.82 Å². The Hall–Kier alpha value is -3.97. The number of carbonyl (C=O) groups excluding carboxylic acids is 1. The molecule has 6 nitrogen and oxygen atoms in total. The number of aromatic nitrogens is 2. The Balaban J connectivity index is 1.45. The van der Waals surface area contributed by atoms with Gasteiger partial charge in [-0.2, -0.15) is 0 Å². The first-order valence-electron chi connectivity index (χ1n) is 10.7. The minimum atomic E-state index is -0.500. The van der Waals surface area contributed by atoms with Gasteiger partial charge in [-0.25, -0.2) is 14.4 Å². The van der Waals surface area contributed by atoms with Crippen LogP contribution in [0.2, 0.25) is 5.02 Å². The molecule has 4 aromatic rings. The van der Waals surface area contributed by atoms with Crippen molar-refractivity contribution in [2.24, 2.45) is 0 Å². The van der Waals surface area contributed by atoms with E-state index in [0.717, 1.165) is 5.56 Å². The maximum absolute atomic E-state index is 13.5. The molecule has 34 heavy (non-hydrogen) atoms. The first-order chi connectivity index (χ1) is 16.6. The van der Waals surface area contributed by atoms with Gasteiger partial charge in [-0.15, -0.1) is 0 Å². The molecule has 2 heterocycles. The summed E-state index contributed by atoms with van der Waals surface area (Å²) in [5, 5.41) is 3.86. The Morgan fingerprint density at radius 2 is 2.00 bits per heavy atom. The number of fused-ring (bicyclic) bond motifs is 2. The molecule has 3 aromatic carbocycles. The van der Waals surface area contributed by atoms with E-state index < -0.39 is 5.82 Å². The molecule has 1 aliphatic heterocycles. The Morgan fingerprint density at radius 3 is 2.82 bits per heavy atom. The van der Waals surface area contributed by atoms with E-state index in [0.29, 0.717) is 53.4 Å². The molecule has 1 aromatic heterocycles. The average molecular weight is 475 g/mol. The summed E-state index contributed by atoms with van der Waals surface area (Å²) in [5.74, 6) is 0.461. The van der Waals surface area contributed by atoms with E-state index in [2.05, 4.69) is 15.3 Å². The molecule has 0 fully saturated rings. The van der Waals surface area contributed by atoms with Gasteiger partial charge in [0.25, 0.3) is 5.91 Å². The van der Waals surface area contributed by atoms with Crippen molar-refractivity contribution in [1.82, 2.24) is 9.97 Å². The second-order valence-electron chi connectivity index (χ2n) is 7.74. The number of rotatable bonds is 5. The van der Waals surface area contributed by atoms with Gasteiger partial charge in [0.05, 0.1) is 22.8 Å². The van der Waals surface area contributed by atoms with Crippen LogP contribution in [0.25, 0.3) is 10.9 Å². The molecule has 1 aliphatic rings. The van der Waals surface area contributed by atoms with Crippen molar-refractivity contribution in [3.8, 4) is 5.75 Å². The van der Waals surface area contributed by atoms with Crippen molar-refractivity contribution in [2.75, 3.05) is 23.4 Å². The largest absolute Gasteiger partial charge is 0.489 e. The average Bonchev–Trinajstić information content (AvgIpc) is 2.85. The van der Waals surface area contributed by atoms with Crippen LogP contribution in [0.4, 0.5) is 21.6 Å². The minimum Gasteiger partial charge on any atom is -0.489 e. The number of benzene rings is 3. The molecule has 0 spiro atoms. The van der Waals surface area contributed by atoms with Crippen LogP contribution in [-0.2, 0) is 11.2 Å². The van der Waals surface area contributed by atoms with Gasteiger partial charge in [-0.05, 0) is 42.3 Å². The lowest BCUT2D eigenvalue weighted by molar-refractivity contribution is -0.114. The van der Waals surface area contributed by atoms with Crippen LogP contribution in [0.5, 0.6) is 5.75 Å². The summed E-state index contributed by atoms with van der Waals surface area (Å²) in [6, 6.07) is 17.9. The fraction of sp³-hybridized carbons (Fsp3) is 0.115. The normalized spacial score (nSPS) is 13.1. The fourth-order valence-electron chi connectivity index (χ4n) is 3.81. The monoisotopic (exact) mass is 474 g/mol. The second kappa shape index (κ2) is 9.49. The SMILES string of the molecule is O=C(/C=C/Cc1ccccc1)N1CCOc2cc3ncnc(Nc4ccc(F)c(Cl)c4)c3cc21. The summed E-state index contributed by atoms with van der Waals surface area (Å²) in [6.45, 7) is 0.818. The van der Waals surface area contributed by atoms with Crippen molar-refractivity contribution in [3.63, 3.8) is 0 Å². The minimum absolute atomic E-state index is 0.00760. The molecule has 5 rings (SSSR count). The molecule has 170 valence electrons. The zero-order valence-electron chi connectivity index (χ0n) is 18.0. The second-order valence-corrected chi connectivity index (χ2v) is 8.15. The Morgan fingerprint density at radius 1 is 1.15 bits per heavy atom. The highest BCUT2D eigenvalue weighted by molar-refractivity contribution is 6.31. The van der Waals surface area contributed by atoms with E-state index in [1.54, 1.807) is 23.1 Å². The van der Waals surface area contributed by atoms with Crippen molar-refractivity contribution in [2.45, 2.75) is 6.42 Å². The van der Waals surface area contributed by atoms with E-state index in [-0.39, 0.29) is 10.9 Å². The lowest BCUT2D eigenvalue weighted by atomic mass is 10.1. The number of halogens is 2. The predicted octanol–water partition coefficient (Wildman–Crippen LogP) is 5.69. The lowest BCUT2D eigenvalue weighted by Crippen LogP contribution is -2.36. The smallest absolute Gasteiger partial charge is 0.250 e. The predicted molar refractivity (Wildman–Crippen MR) is 131 cm³/mol. The number of amides is 1. The number of hydrogen-bond acceptors (Lipinski definition) is 5. The number of nitrogens with one attached hydrogen (secondary N) is 1. The first kappa shape index (κ1) is 21.9. The van der Waals surface area contributed by atoms with Crippen molar-refractivity contribution in [1.29, 1.82) is 0 Å². The highest BCUT2D eigenvalue weighted by atomic mass is 35.5. The van der Waals surface area contributed by atoms with Gasteiger partial charge < -0.3 is 15.0 Å². The molecule has 0 unspecified atom stereocenters. The summed E-state index contributed by atoms with van der Waals surface area (Å²) in [7, 11) is 0. The summed E-state index contributed by atoms with van der Waals surface area (Å²) < 4.78 is 19.4. The molecule has 1 amide bonds. The van der Waals surface area contributed by atoms with Gasteiger partial charge in [0.1, 0.15) is 30.3 Å². The van der Waals surface area contributed by atoms with Crippen LogP contribution in [0.15, 0.2) is 79.1 Å². The van der Waals surface area contributed by atoms with Gasteiger partial charge in [-0.3, -0.25) is 4.79 Å². The van der Waals surface area contributed by atoms with Crippen LogP contribution >= 0.6 is 11.6 Å². The molecular formula is C26H20ClFN4O2. The highest BCUT2D eigenvalue weighted by Crippen LogP contribution is 2.37. The van der Waals surface area contributed by atoms with Crippen molar-refractivity contribution in [3.05, 3.63) is 95.5 Å². The number of hydrogen-bond donors (Lipinski definition) is 1. The Labute approximate surface area is 200 Å². The number of nitrogens with zero attached hydrogens (tertiary/aromatic N) is 3. The standard InChI is InChI=1S/C26H20ClFN4O2/c27-20-13-18(9-10-21(20)28)31-26-19-14-23-24(15-22(19)29-16-30-26)34-12-11-32(23)25(33)8-4-7-17-5-2-1-3-6-17/h1-6,8-10,13-16H,7,11-12H2,(H,29,30,31)/b8-4+. The lowest BCUT2D eigenvalue weighted by Gasteiger charge is -2.29. The third-order valence-electron chi connectivity index (χ3n) is 5.48. The zero-order chi connectivity index (χ0) is 23.5. The van der Waals surface area contributed by atoms with E-state index in [1.165, 1.54) is 18.5 Å². The molecule has 0 radical (unpaired) electrons. The number of allylic oxidation sites excluding steroid dienone is 1. The zero-order valence-corrected chi connectivity index (χ0v) is 18.8. The third-order valence-corrected chi connectivity index (χ3v) is 5.77. The molecule has 8 heteroatoms. The molecule has 0 aliphatic carbocycles. The van der Waals surface area contributed by atoms with Crippen molar-refractivity contribution >= 4 is 45.6 Å². The van der Waals surface area contributed by atoms with Crippen LogP contribution < -0.4 is 15.0 Å². The third kappa shape index (κ3) is 4.56. The van der Waals surface area contributed by atoms with E-state index in [4.69, 9.17) is 16.3 Å². The van der Waals surface area contributed by atoms with Gasteiger partial charge >= 0.3 is 0 Å². The Kier molecular flexibility index (Phi) is 6.10. The fourth-order valence-corrected chi connectivity index (χ4v) is 3.99. The van der Waals surface area contributed by atoms with Crippen LogP contribution in [-0.4, -0.2) is 29.0 Å². The van der Waals surface area contributed by atoms with Gasteiger partial charge in [-0.1, -0.05) is 48.0 Å². The molecule has 0 bridgehead atoms.